The molecule has 1 aromatic rings. The van der Waals surface area contributed by atoms with E-state index in [0.29, 0.717) is 6.04 Å². The molecule has 2 aliphatic rings. The lowest BCUT2D eigenvalue weighted by Gasteiger charge is -2.29. The molecule has 0 spiro atoms. The van der Waals surface area contributed by atoms with E-state index in [2.05, 4.69) is 28.8 Å². The quantitative estimate of drug-likeness (QED) is 0.866. The number of fused-ring (bicyclic) bond motifs is 1. The van der Waals surface area contributed by atoms with E-state index in [4.69, 9.17) is 0 Å². The molecule has 3 nitrogen and oxygen atoms in total. The molecule has 19 heavy (non-hydrogen) atoms. The number of hydrogen-bond acceptors (Lipinski definition) is 3. The maximum atomic E-state index is 12.4. The summed E-state index contributed by atoms with van der Waals surface area (Å²) in [4.78, 5) is 12.4. The fourth-order valence-corrected chi connectivity index (χ4v) is 3.95. The van der Waals surface area contributed by atoms with Crippen molar-refractivity contribution in [1.82, 2.24) is 10.6 Å². The normalized spacial score (nSPS) is 26.5. The summed E-state index contributed by atoms with van der Waals surface area (Å²) >= 11 is 1.94. The van der Waals surface area contributed by atoms with Crippen molar-refractivity contribution >= 4 is 17.7 Å². The SMILES string of the molecule is O=C(NC1CCCSC1)C1NCCc2ccccc21. The highest BCUT2D eigenvalue weighted by Crippen LogP contribution is 2.24. The van der Waals surface area contributed by atoms with Gasteiger partial charge in [-0.1, -0.05) is 24.3 Å². The van der Waals surface area contributed by atoms with E-state index in [1.807, 2.05) is 17.8 Å². The standard InChI is InChI=1S/C15H20N2OS/c18-15(17-12-5-3-9-19-10-12)14-13-6-2-1-4-11(13)7-8-16-14/h1-2,4,6,12,14,16H,3,5,7-10H2,(H,17,18). The van der Waals surface area contributed by atoms with E-state index in [1.54, 1.807) is 0 Å². The number of rotatable bonds is 2. The van der Waals surface area contributed by atoms with Crippen LogP contribution in [0.2, 0.25) is 0 Å². The summed E-state index contributed by atoms with van der Waals surface area (Å²) in [6.07, 6.45) is 3.34. The van der Waals surface area contributed by atoms with Gasteiger partial charge < -0.3 is 10.6 Å². The summed E-state index contributed by atoms with van der Waals surface area (Å²) in [5.41, 5.74) is 2.45. The average Bonchev–Trinajstić information content (AvgIpc) is 2.47. The number of thioether (sulfide) groups is 1. The van der Waals surface area contributed by atoms with E-state index in [-0.39, 0.29) is 11.9 Å². The Morgan fingerprint density at radius 3 is 3.11 bits per heavy atom. The molecule has 2 heterocycles. The van der Waals surface area contributed by atoms with Crippen molar-refractivity contribution in [2.75, 3.05) is 18.1 Å². The summed E-state index contributed by atoms with van der Waals surface area (Å²) in [5.74, 6) is 2.43. The Hall–Kier alpha value is -1.00. The Bertz CT molecular complexity index is 457. The van der Waals surface area contributed by atoms with Gasteiger partial charge in [0.25, 0.3) is 0 Å². The van der Waals surface area contributed by atoms with E-state index >= 15 is 0 Å². The van der Waals surface area contributed by atoms with Crippen molar-refractivity contribution in [3.63, 3.8) is 0 Å². The van der Waals surface area contributed by atoms with Crippen molar-refractivity contribution in [3.05, 3.63) is 35.4 Å². The Balaban J connectivity index is 1.70. The van der Waals surface area contributed by atoms with Crippen LogP contribution >= 0.6 is 11.8 Å². The molecule has 0 saturated carbocycles. The van der Waals surface area contributed by atoms with Crippen molar-refractivity contribution in [1.29, 1.82) is 0 Å². The van der Waals surface area contributed by atoms with Crippen LogP contribution in [0.4, 0.5) is 0 Å². The van der Waals surface area contributed by atoms with Gasteiger partial charge in [0.15, 0.2) is 0 Å². The molecule has 4 heteroatoms. The molecule has 0 bridgehead atoms. The fourth-order valence-electron chi connectivity index (χ4n) is 2.88. The van der Waals surface area contributed by atoms with Crippen molar-refractivity contribution in [3.8, 4) is 0 Å². The van der Waals surface area contributed by atoms with Gasteiger partial charge in [-0.25, -0.2) is 0 Å². The average molecular weight is 276 g/mol. The molecule has 1 aromatic carbocycles. The van der Waals surface area contributed by atoms with Crippen LogP contribution in [0.3, 0.4) is 0 Å². The largest absolute Gasteiger partial charge is 0.351 e. The molecule has 0 radical (unpaired) electrons. The molecule has 2 atom stereocenters. The summed E-state index contributed by atoms with van der Waals surface area (Å²) in [6.45, 7) is 0.883. The number of amides is 1. The van der Waals surface area contributed by atoms with Gasteiger partial charge in [-0.2, -0.15) is 11.8 Å². The van der Waals surface area contributed by atoms with Gasteiger partial charge in [-0.15, -0.1) is 0 Å². The van der Waals surface area contributed by atoms with E-state index in [1.165, 1.54) is 17.7 Å². The Labute approximate surface area is 118 Å². The molecule has 1 saturated heterocycles. The van der Waals surface area contributed by atoms with Gasteiger partial charge in [0.2, 0.25) is 5.91 Å². The van der Waals surface area contributed by atoms with Crippen LogP contribution in [0, 0.1) is 0 Å². The van der Waals surface area contributed by atoms with E-state index in [9.17, 15) is 4.79 Å². The van der Waals surface area contributed by atoms with Crippen LogP contribution in [0.15, 0.2) is 24.3 Å². The maximum absolute atomic E-state index is 12.4. The number of carbonyl (C=O) groups is 1. The molecule has 0 aliphatic carbocycles. The highest BCUT2D eigenvalue weighted by atomic mass is 32.2. The smallest absolute Gasteiger partial charge is 0.241 e. The molecular weight excluding hydrogens is 256 g/mol. The molecule has 2 unspecified atom stereocenters. The molecule has 102 valence electrons. The fraction of sp³-hybridized carbons (Fsp3) is 0.533. The third kappa shape index (κ3) is 2.95. The molecule has 1 amide bonds. The first kappa shape index (κ1) is 13.0. The number of benzene rings is 1. The number of hydrogen-bond donors (Lipinski definition) is 2. The molecule has 2 N–H and O–H groups in total. The second-order valence-corrected chi connectivity index (χ2v) is 6.41. The zero-order valence-electron chi connectivity index (χ0n) is 11.0. The minimum atomic E-state index is -0.170. The molecular formula is C15H20N2OS. The van der Waals surface area contributed by atoms with Crippen LogP contribution in [0.5, 0.6) is 0 Å². The van der Waals surface area contributed by atoms with Gasteiger partial charge in [0.1, 0.15) is 6.04 Å². The first-order valence-corrected chi connectivity index (χ1v) is 8.19. The first-order chi connectivity index (χ1) is 9.34. The maximum Gasteiger partial charge on any atom is 0.241 e. The van der Waals surface area contributed by atoms with E-state index in [0.717, 1.165) is 30.7 Å². The van der Waals surface area contributed by atoms with Gasteiger partial charge >= 0.3 is 0 Å². The molecule has 0 aromatic heterocycles. The van der Waals surface area contributed by atoms with Crippen LogP contribution in [0.1, 0.15) is 30.0 Å². The van der Waals surface area contributed by atoms with Crippen LogP contribution in [0.25, 0.3) is 0 Å². The summed E-state index contributed by atoms with van der Waals surface area (Å²) in [7, 11) is 0. The van der Waals surface area contributed by atoms with E-state index < -0.39 is 0 Å². The third-order valence-corrected chi connectivity index (χ3v) is 5.09. The number of nitrogens with one attached hydrogen (secondary N) is 2. The highest BCUT2D eigenvalue weighted by Gasteiger charge is 2.27. The Kier molecular flexibility index (Phi) is 4.09. The second-order valence-electron chi connectivity index (χ2n) is 5.26. The molecule has 2 aliphatic heterocycles. The van der Waals surface area contributed by atoms with Crippen molar-refractivity contribution in [2.24, 2.45) is 0 Å². The van der Waals surface area contributed by atoms with Gasteiger partial charge in [0.05, 0.1) is 0 Å². The zero-order chi connectivity index (χ0) is 13.1. The van der Waals surface area contributed by atoms with Crippen molar-refractivity contribution in [2.45, 2.75) is 31.3 Å². The van der Waals surface area contributed by atoms with Gasteiger partial charge in [-0.05, 0) is 36.1 Å². The minimum Gasteiger partial charge on any atom is -0.351 e. The molecule has 3 rings (SSSR count). The predicted molar refractivity (Wildman–Crippen MR) is 79.4 cm³/mol. The van der Waals surface area contributed by atoms with Crippen molar-refractivity contribution < 1.29 is 4.79 Å². The summed E-state index contributed by atoms with van der Waals surface area (Å²) in [6, 6.07) is 8.45. The Morgan fingerprint density at radius 2 is 2.26 bits per heavy atom. The third-order valence-electron chi connectivity index (χ3n) is 3.88. The molecule has 1 fully saturated rings. The predicted octanol–water partition coefficient (Wildman–Crippen LogP) is 1.89. The lowest BCUT2D eigenvalue weighted by molar-refractivity contribution is -0.124. The Morgan fingerprint density at radius 1 is 1.37 bits per heavy atom. The highest BCUT2D eigenvalue weighted by molar-refractivity contribution is 7.99. The summed E-state index contributed by atoms with van der Waals surface area (Å²) < 4.78 is 0. The first-order valence-electron chi connectivity index (χ1n) is 7.04. The van der Waals surface area contributed by atoms with Crippen LogP contribution in [-0.2, 0) is 11.2 Å². The minimum absolute atomic E-state index is 0.139. The van der Waals surface area contributed by atoms with Crippen LogP contribution < -0.4 is 10.6 Å². The topological polar surface area (TPSA) is 41.1 Å². The lowest BCUT2D eigenvalue weighted by Crippen LogP contribution is -2.46. The summed E-state index contributed by atoms with van der Waals surface area (Å²) in [5, 5.41) is 6.55. The van der Waals surface area contributed by atoms with Gasteiger partial charge in [0, 0.05) is 18.3 Å². The monoisotopic (exact) mass is 276 g/mol. The van der Waals surface area contributed by atoms with Gasteiger partial charge in [-0.3, -0.25) is 4.79 Å². The number of carbonyl (C=O) groups excluding carboxylic acids is 1. The van der Waals surface area contributed by atoms with Crippen LogP contribution in [-0.4, -0.2) is 30.0 Å². The lowest BCUT2D eigenvalue weighted by atomic mass is 9.93. The zero-order valence-corrected chi connectivity index (χ0v) is 11.8. The second kappa shape index (κ2) is 5.97.